The molecular weight excluding hydrogens is 412 g/mol. The van der Waals surface area contributed by atoms with Gasteiger partial charge >= 0.3 is 5.97 Å². The predicted molar refractivity (Wildman–Crippen MR) is 127 cm³/mol. The molecule has 0 radical (unpaired) electrons. The normalized spacial score (nSPS) is 37.1. The van der Waals surface area contributed by atoms with E-state index in [1.165, 1.54) is 5.57 Å². The highest BCUT2D eigenvalue weighted by molar-refractivity contribution is 5.96. The highest BCUT2D eigenvalue weighted by atomic mass is 16.5. The van der Waals surface area contributed by atoms with Crippen LogP contribution in [0.25, 0.3) is 0 Å². The second-order valence-electron chi connectivity index (χ2n) is 11.6. The Labute approximate surface area is 197 Å². The highest BCUT2D eigenvalue weighted by Gasteiger charge is 2.65. The number of ketones is 2. The second kappa shape index (κ2) is 8.06. The minimum Gasteiger partial charge on any atom is -0.465 e. The van der Waals surface area contributed by atoms with Crippen molar-refractivity contribution in [1.29, 1.82) is 0 Å². The van der Waals surface area contributed by atoms with E-state index < -0.39 is 11.3 Å². The number of hydrogen-bond acceptors (Lipinski definition) is 4. The summed E-state index contributed by atoms with van der Waals surface area (Å²) in [5.74, 6) is -0.0195. The lowest BCUT2D eigenvalue weighted by molar-refractivity contribution is -0.148. The number of allylic oxidation sites excluding steroid dienone is 5. The minimum absolute atomic E-state index is 0.0217. The Morgan fingerprint density at radius 3 is 2.67 bits per heavy atom. The Morgan fingerprint density at radius 2 is 1.88 bits per heavy atom. The molecule has 4 atom stereocenters. The van der Waals surface area contributed by atoms with Gasteiger partial charge in [0, 0.05) is 18.3 Å². The monoisotopic (exact) mass is 450 g/mol. The molecule has 0 bridgehead atoms. The molecule has 1 fully saturated rings. The molecule has 0 aromatic heterocycles. The number of carbonyl (C=O) groups excluding carboxylic acids is 3. The highest BCUT2D eigenvalue weighted by Crippen LogP contribution is 2.70. The van der Waals surface area contributed by atoms with Crippen molar-refractivity contribution in [3.8, 4) is 0 Å². The third-order valence-electron chi connectivity index (χ3n) is 9.87. The van der Waals surface area contributed by atoms with Gasteiger partial charge in [0.2, 0.25) is 0 Å². The van der Waals surface area contributed by atoms with Crippen LogP contribution in [0, 0.1) is 22.2 Å². The van der Waals surface area contributed by atoms with E-state index in [1.807, 2.05) is 6.08 Å². The number of rotatable bonds is 6. The molecular formula is C29H38O4. The quantitative estimate of drug-likeness (QED) is 0.357. The molecule has 5 aliphatic carbocycles. The average Bonchev–Trinajstić information content (AvgIpc) is 3.23. The van der Waals surface area contributed by atoms with Gasteiger partial charge in [-0.3, -0.25) is 14.4 Å². The molecule has 4 heteroatoms. The summed E-state index contributed by atoms with van der Waals surface area (Å²) in [4.78, 5) is 39.2. The Balaban J connectivity index is 1.55. The smallest absolute Gasteiger partial charge is 0.313 e. The SMILES string of the molecule is CCCCCCOC(=O)[C@@H]1CC2=CC(=O)CCC2(C)C2=C1C1=CC[C@@]3(C)CCC(=O)[C@@]13CC2. The van der Waals surface area contributed by atoms with Gasteiger partial charge in [-0.1, -0.05) is 57.3 Å². The lowest BCUT2D eigenvalue weighted by Crippen LogP contribution is -2.46. The van der Waals surface area contributed by atoms with Crippen LogP contribution >= 0.6 is 0 Å². The van der Waals surface area contributed by atoms with Crippen molar-refractivity contribution < 1.29 is 19.1 Å². The average molecular weight is 451 g/mol. The van der Waals surface area contributed by atoms with Gasteiger partial charge in [0.25, 0.3) is 0 Å². The largest absolute Gasteiger partial charge is 0.465 e. The molecule has 0 heterocycles. The molecule has 0 N–H and O–H groups in total. The van der Waals surface area contributed by atoms with Crippen LogP contribution in [0.2, 0.25) is 0 Å². The topological polar surface area (TPSA) is 60.4 Å². The number of fused-ring (bicyclic) bond motifs is 3. The Morgan fingerprint density at radius 1 is 1.06 bits per heavy atom. The van der Waals surface area contributed by atoms with E-state index in [0.29, 0.717) is 31.7 Å². The summed E-state index contributed by atoms with van der Waals surface area (Å²) in [6, 6.07) is 0. The molecule has 1 spiro atoms. The van der Waals surface area contributed by atoms with Crippen LogP contribution in [0.5, 0.6) is 0 Å². The maximum Gasteiger partial charge on any atom is 0.313 e. The van der Waals surface area contributed by atoms with Crippen molar-refractivity contribution in [2.75, 3.05) is 6.61 Å². The van der Waals surface area contributed by atoms with E-state index in [9.17, 15) is 14.4 Å². The molecule has 178 valence electrons. The number of ether oxygens (including phenoxy) is 1. The first kappa shape index (κ1) is 22.8. The Bertz CT molecular complexity index is 997. The zero-order chi connectivity index (χ0) is 23.4. The van der Waals surface area contributed by atoms with Gasteiger partial charge in [-0.25, -0.2) is 0 Å². The van der Waals surface area contributed by atoms with Crippen molar-refractivity contribution >= 4 is 17.5 Å². The van der Waals surface area contributed by atoms with Gasteiger partial charge in [0.15, 0.2) is 5.78 Å². The van der Waals surface area contributed by atoms with E-state index in [4.69, 9.17) is 4.74 Å². The molecule has 0 aromatic carbocycles. The first-order valence-corrected chi connectivity index (χ1v) is 13.2. The molecule has 33 heavy (non-hydrogen) atoms. The molecule has 0 saturated heterocycles. The number of unbranched alkanes of at least 4 members (excludes halogenated alkanes) is 3. The van der Waals surface area contributed by atoms with Gasteiger partial charge in [-0.05, 0) is 67.6 Å². The number of hydrogen-bond donors (Lipinski definition) is 0. The standard InChI is InChI=1S/C29H38O4/c1-4-5-6-7-16-33-26(32)21-18-19-17-20(30)8-14-28(19,3)22-10-15-29-23(25(21)22)9-12-27(29,2)13-11-24(29)31/h9,17,21H,4-8,10-16,18H2,1-3H3/t21-,27+,28?,29-/m1/s1. The van der Waals surface area contributed by atoms with E-state index in [2.05, 4.69) is 26.8 Å². The molecule has 1 saturated carbocycles. The van der Waals surface area contributed by atoms with Gasteiger partial charge < -0.3 is 4.74 Å². The van der Waals surface area contributed by atoms with Gasteiger partial charge in [-0.15, -0.1) is 0 Å². The number of carbonyl (C=O) groups is 3. The van der Waals surface area contributed by atoms with Crippen LogP contribution in [-0.4, -0.2) is 24.1 Å². The zero-order valence-corrected chi connectivity index (χ0v) is 20.6. The van der Waals surface area contributed by atoms with Crippen molar-refractivity contribution in [3.05, 3.63) is 34.4 Å². The van der Waals surface area contributed by atoms with Crippen LogP contribution < -0.4 is 0 Å². The molecule has 5 aliphatic rings. The summed E-state index contributed by atoms with van der Waals surface area (Å²) in [6.07, 6.45) is 14.5. The first-order valence-electron chi connectivity index (χ1n) is 13.2. The molecule has 0 aliphatic heterocycles. The third-order valence-corrected chi connectivity index (χ3v) is 9.87. The van der Waals surface area contributed by atoms with Gasteiger partial charge in [-0.2, -0.15) is 0 Å². The summed E-state index contributed by atoms with van der Waals surface area (Å²) in [6.45, 7) is 7.16. The lowest BCUT2D eigenvalue weighted by atomic mass is 9.50. The summed E-state index contributed by atoms with van der Waals surface area (Å²) in [7, 11) is 0. The molecule has 0 amide bonds. The van der Waals surface area contributed by atoms with Crippen molar-refractivity contribution in [2.45, 2.75) is 97.8 Å². The summed E-state index contributed by atoms with van der Waals surface area (Å²) in [5.41, 5.74) is 4.05. The lowest BCUT2D eigenvalue weighted by Gasteiger charge is -2.52. The maximum atomic E-state index is 13.5. The number of esters is 1. The van der Waals surface area contributed by atoms with Crippen LogP contribution in [0.4, 0.5) is 0 Å². The van der Waals surface area contributed by atoms with Crippen LogP contribution in [0.15, 0.2) is 34.4 Å². The fourth-order valence-corrected chi connectivity index (χ4v) is 7.82. The first-order chi connectivity index (χ1) is 15.8. The van der Waals surface area contributed by atoms with E-state index >= 15 is 0 Å². The molecule has 5 rings (SSSR count). The fourth-order valence-electron chi connectivity index (χ4n) is 7.82. The Kier molecular flexibility index (Phi) is 5.57. The van der Waals surface area contributed by atoms with Crippen molar-refractivity contribution in [2.24, 2.45) is 22.2 Å². The second-order valence-corrected chi connectivity index (χ2v) is 11.6. The fraction of sp³-hybridized carbons (Fsp3) is 0.690. The van der Waals surface area contributed by atoms with Gasteiger partial charge in [0.05, 0.1) is 17.9 Å². The van der Waals surface area contributed by atoms with Crippen LogP contribution in [-0.2, 0) is 19.1 Å². The van der Waals surface area contributed by atoms with E-state index in [-0.39, 0.29) is 22.6 Å². The third kappa shape index (κ3) is 3.19. The van der Waals surface area contributed by atoms with Crippen molar-refractivity contribution in [3.63, 3.8) is 0 Å². The van der Waals surface area contributed by atoms with Crippen LogP contribution in [0.1, 0.15) is 97.8 Å². The minimum atomic E-state index is -0.423. The molecule has 0 aromatic rings. The van der Waals surface area contributed by atoms with Crippen LogP contribution in [0.3, 0.4) is 0 Å². The summed E-state index contributed by atoms with van der Waals surface area (Å²) < 4.78 is 5.83. The zero-order valence-electron chi connectivity index (χ0n) is 20.6. The number of Topliss-reactive ketones (excluding diaryl/α,β-unsaturated/α-hetero) is 1. The van der Waals surface area contributed by atoms with Gasteiger partial charge in [0.1, 0.15) is 5.78 Å². The maximum absolute atomic E-state index is 13.5. The predicted octanol–water partition coefficient (Wildman–Crippen LogP) is 6.20. The van der Waals surface area contributed by atoms with Crippen molar-refractivity contribution in [1.82, 2.24) is 0 Å². The Hall–Kier alpha value is -1.97. The summed E-state index contributed by atoms with van der Waals surface area (Å²) in [5, 5.41) is 0. The summed E-state index contributed by atoms with van der Waals surface area (Å²) >= 11 is 0. The van der Waals surface area contributed by atoms with E-state index in [0.717, 1.165) is 74.5 Å². The molecule has 1 unspecified atom stereocenters. The molecule has 4 nitrogen and oxygen atoms in total. The van der Waals surface area contributed by atoms with E-state index in [1.54, 1.807) is 0 Å².